The van der Waals surface area contributed by atoms with Gasteiger partial charge in [0.25, 0.3) is 10.0 Å². The molecule has 3 aromatic rings. The number of hydrogen-bond acceptors (Lipinski definition) is 6. The van der Waals surface area contributed by atoms with E-state index >= 15 is 0 Å². The van der Waals surface area contributed by atoms with Gasteiger partial charge in [-0.25, -0.2) is 17.8 Å². The average molecular weight is 490 g/mol. The third-order valence-corrected chi connectivity index (χ3v) is 8.70. The number of halogens is 1. The number of nitrogens with one attached hydrogen (secondary N) is 1. The number of benzene rings is 2. The van der Waals surface area contributed by atoms with Crippen LogP contribution in [0, 0.1) is 12.7 Å². The van der Waals surface area contributed by atoms with Crippen LogP contribution in [0.25, 0.3) is 10.4 Å². The Morgan fingerprint density at radius 3 is 2.61 bits per heavy atom. The zero-order chi connectivity index (χ0) is 23.6. The number of sulfonamides is 1. The molecule has 0 spiro atoms. The Balaban J connectivity index is 1.67. The lowest BCUT2D eigenvalue weighted by atomic mass is 9.95. The summed E-state index contributed by atoms with van der Waals surface area (Å²) in [7, 11) is -0.501. The SMILES string of the molecule is COc1ccc(-c2sc(N(C)C3CCCCC3)nc2C)cc1S(=O)(=O)Nc1cccc(F)c1. The maximum Gasteiger partial charge on any atom is 0.265 e. The minimum atomic E-state index is -4.01. The number of aromatic nitrogens is 1. The highest BCUT2D eigenvalue weighted by molar-refractivity contribution is 7.92. The standard InChI is InChI=1S/C24H28FN3O3S2/c1-16-23(32-24(26-16)28(2)20-10-5-4-6-11-20)17-12-13-21(31-3)22(14-17)33(29,30)27-19-9-7-8-18(25)15-19/h7-9,12-15,20,27H,4-6,10-11H2,1-3H3. The highest BCUT2D eigenvalue weighted by Crippen LogP contribution is 2.39. The van der Waals surface area contributed by atoms with Crippen LogP contribution in [-0.2, 0) is 10.0 Å². The van der Waals surface area contributed by atoms with Gasteiger partial charge in [0, 0.05) is 13.1 Å². The molecule has 6 nitrogen and oxygen atoms in total. The van der Waals surface area contributed by atoms with E-state index in [1.807, 2.05) is 13.0 Å². The van der Waals surface area contributed by atoms with Gasteiger partial charge in [0.2, 0.25) is 0 Å². The number of methoxy groups -OCH3 is 1. The van der Waals surface area contributed by atoms with E-state index in [-0.39, 0.29) is 16.3 Å². The first-order valence-electron chi connectivity index (χ1n) is 11.0. The molecule has 2 aromatic carbocycles. The summed E-state index contributed by atoms with van der Waals surface area (Å²) in [5.41, 5.74) is 1.74. The van der Waals surface area contributed by atoms with Gasteiger partial charge in [-0.1, -0.05) is 36.7 Å². The molecule has 9 heteroatoms. The summed E-state index contributed by atoms with van der Waals surface area (Å²) in [5, 5.41) is 0.938. The van der Waals surface area contributed by atoms with Crippen LogP contribution in [0.15, 0.2) is 47.4 Å². The second-order valence-corrected chi connectivity index (χ2v) is 10.9. The molecule has 0 aliphatic heterocycles. The van der Waals surface area contributed by atoms with E-state index in [0.717, 1.165) is 27.3 Å². The van der Waals surface area contributed by atoms with Gasteiger partial charge in [-0.3, -0.25) is 4.72 Å². The Hall–Kier alpha value is -2.65. The lowest BCUT2D eigenvalue weighted by Crippen LogP contribution is -2.33. The van der Waals surface area contributed by atoms with Crippen molar-refractivity contribution in [3.05, 3.63) is 54.0 Å². The maximum atomic E-state index is 13.6. The normalized spacial score (nSPS) is 14.8. The van der Waals surface area contributed by atoms with E-state index in [1.165, 1.54) is 57.4 Å². The smallest absolute Gasteiger partial charge is 0.265 e. The molecule has 1 saturated carbocycles. The predicted molar refractivity (Wildman–Crippen MR) is 131 cm³/mol. The van der Waals surface area contributed by atoms with E-state index in [4.69, 9.17) is 9.72 Å². The third-order valence-electron chi connectivity index (χ3n) is 6.00. The van der Waals surface area contributed by atoms with Crippen molar-refractivity contribution in [2.75, 3.05) is 23.8 Å². The lowest BCUT2D eigenvalue weighted by molar-refractivity contribution is 0.403. The van der Waals surface area contributed by atoms with Gasteiger partial charge in [-0.2, -0.15) is 0 Å². The number of ether oxygens (including phenoxy) is 1. The van der Waals surface area contributed by atoms with Crippen LogP contribution in [-0.4, -0.2) is 33.6 Å². The number of anilines is 2. The van der Waals surface area contributed by atoms with E-state index in [9.17, 15) is 12.8 Å². The molecule has 1 fully saturated rings. The molecule has 0 unspecified atom stereocenters. The molecule has 0 amide bonds. The van der Waals surface area contributed by atoms with Crippen molar-refractivity contribution in [3.63, 3.8) is 0 Å². The van der Waals surface area contributed by atoms with Gasteiger partial charge < -0.3 is 9.64 Å². The molecule has 1 N–H and O–H groups in total. The topological polar surface area (TPSA) is 71.5 Å². The maximum absolute atomic E-state index is 13.6. The molecular weight excluding hydrogens is 461 g/mol. The van der Waals surface area contributed by atoms with Crippen molar-refractivity contribution in [2.45, 2.75) is 50.0 Å². The van der Waals surface area contributed by atoms with Gasteiger partial charge >= 0.3 is 0 Å². The summed E-state index contributed by atoms with van der Waals surface area (Å²) in [6.07, 6.45) is 6.11. The molecule has 1 aliphatic carbocycles. The number of thiazole rings is 1. The Kier molecular flexibility index (Phi) is 6.90. The zero-order valence-electron chi connectivity index (χ0n) is 19.0. The first-order valence-corrected chi connectivity index (χ1v) is 13.3. The van der Waals surface area contributed by atoms with Crippen molar-refractivity contribution in [3.8, 4) is 16.2 Å². The molecule has 0 bridgehead atoms. The third kappa shape index (κ3) is 5.14. The van der Waals surface area contributed by atoms with E-state index in [0.29, 0.717) is 6.04 Å². The van der Waals surface area contributed by atoms with Gasteiger partial charge in [0.1, 0.15) is 16.5 Å². The number of aryl methyl sites for hydroxylation is 1. The van der Waals surface area contributed by atoms with Crippen LogP contribution < -0.4 is 14.4 Å². The Morgan fingerprint density at radius 1 is 1.15 bits per heavy atom. The summed E-state index contributed by atoms with van der Waals surface area (Å²) in [4.78, 5) is 7.94. The summed E-state index contributed by atoms with van der Waals surface area (Å²) in [5.74, 6) is -0.310. The van der Waals surface area contributed by atoms with E-state index in [2.05, 4.69) is 16.7 Å². The fourth-order valence-electron chi connectivity index (χ4n) is 4.22. The molecule has 0 saturated heterocycles. The van der Waals surface area contributed by atoms with Gasteiger partial charge in [0.05, 0.1) is 23.4 Å². The molecule has 33 heavy (non-hydrogen) atoms. The van der Waals surface area contributed by atoms with Crippen molar-refractivity contribution in [1.82, 2.24) is 4.98 Å². The summed E-state index contributed by atoms with van der Waals surface area (Å²) in [6, 6.07) is 10.9. The van der Waals surface area contributed by atoms with Crippen LogP contribution >= 0.6 is 11.3 Å². The number of rotatable bonds is 7. The molecule has 4 rings (SSSR count). The second kappa shape index (κ2) is 9.69. The molecule has 1 aliphatic rings. The van der Waals surface area contributed by atoms with E-state index in [1.54, 1.807) is 23.5 Å². The zero-order valence-corrected chi connectivity index (χ0v) is 20.6. The van der Waals surface area contributed by atoms with Crippen molar-refractivity contribution in [1.29, 1.82) is 0 Å². The molecule has 176 valence electrons. The summed E-state index contributed by atoms with van der Waals surface area (Å²) in [6.45, 7) is 1.94. The molecule has 1 heterocycles. The van der Waals surface area contributed by atoms with Gasteiger partial charge in [-0.15, -0.1) is 0 Å². The van der Waals surface area contributed by atoms with E-state index < -0.39 is 15.8 Å². The van der Waals surface area contributed by atoms with Crippen LogP contribution in [0.4, 0.5) is 15.2 Å². The minimum Gasteiger partial charge on any atom is -0.495 e. The van der Waals surface area contributed by atoms with Crippen LogP contribution in [0.1, 0.15) is 37.8 Å². The number of hydrogen-bond donors (Lipinski definition) is 1. The lowest BCUT2D eigenvalue weighted by Gasteiger charge is -2.30. The monoisotopic (exact) mass is 489 g/mol. The average Bonchev–Trinajstić information content (AvgIpc) is 3.20. The first-order chi connectivity index (χ1) is 15.8. The van der Waals surface area contributed by atoms with Gasteiger partial charge in [0.15, 0.2) is 5.13 Å². The highest BCUT2D eigenvalue weighted by Gasteiger charge is 2.24. The summed E-state index contributed by atoms with van der Waals surface area (Å²) < 4.78 is 47.6. The largest absolute Gasteiger partial charge is 0.495 e. The Morgan fingerprint density at radius 2 is 1.91 bits per heavy atom. The Labute approximate surface area is 198 Å². The molecule has 1 aromatic heterocycles. The first kappa shape index (κ1) is 23.5. The fraction of sp³-hybridized carbons (Fsp3) is 0.375. The van der Waals surface area contributed by atoms with Crippen LogP contribution in [0.2, 0.25) is 0 Å². The van der Waals surface area contributed by atoms with Crippen molar-refractivity contribution in [2.24, 2.45) is 0 Å². The quantitative estimate of drug-likeness (QED) is 0.452. The minimum absolute atomic E-state index is 0.0123. The number of nitrogens with zero attached hydrogens (tertiary/aromatic N) is 2. The van der Waals surface area contributed by atoms with Gasteiger partial charge in [-0.05, 0) is 61.7 Å². The molecule has 0 atom stereocenters. The van der Waals surface area contributed by atoms with Crippen molar-refractivity contribution >= 4 is 32.2 Å². The van der Waals surface area contributed by atoms with Crippen LogP contribution in [0.3, 0.4) is 0 Å². The van der Waals surface area contributed by atoms with Crippen molar-refractivity contribution < 1.29 is 17.5 Å². The summed E-state index contributed by atoms with van der Waals surface area (Å²) >= 11 is 1.56. The predicted octanol–water partition coefficient (Wildman–Crippen LogP) is 5.84. The molecular formula is C24H28FN3O3S2. The molecule has 0 radical (unpaired) electrons. The highest BCUT2D eigenvalue weighted by atomic mass is 32.2. The fourth-order valence-corrected chi connectivity index (χ4v) is 6.56. The van der Waals surface area contributed by atoms with Crippen LogP contribution in [0.5, 0.6) is 5.75 Å². The second-order valence-electron chi connectivity index (χ2n) is 8.30. The Bertz CT molecular complexity index is 1240.